The summed E-state index contributed by atoms with van der Waals surface area (Å²) in [6.45, 7) is 1.93. The fourth-order valence-electron chi connectivity index (χ4n) is 3.38. The number of ketones is 1. The zero-order valence-electron chi connectivity index (χ0n) is 16.3. The van der Waals surface area contributed by atoms with Crippen LogP contribution in [0.2, 0.25) is 0 Å². The van der Waals surface area contributed by atoms with Gasteiger partial charge in [-0.25, -0.2) is 4.79 Å². The summed E-state index contributed by atoms with van der Waals surface area (Å²) < 4.78 is 23.0. The minimum Gasteiger partial charge on any atom is -0.454 e. The maximum atomic E-state index is 12.8. The molecule has 0 aromatic heterocycles. The number of benzene rings is 3. The smallest absolute Gasteiger partial charge is 0.343 e. The first kappa shape index (κ1) is 19.4. The summed E-state index contributed by atoms with van der Waals surface area (Å²) in [4.78, 5) is 25.3. The molecule has 0 aliphatic carbocycles. The average Bonchev–Trinajstić information content (AvgIpc) is 3.35. The highest BCUT2D eigenvalue weighted by Gasteiger charge is 2.30. The summed E-state index contributed by atoms with van der Waals surface area (Å²) in [6.07, 6.45) is 1.65. The summed E-state index contributed by atoms with van der Waals surface area (Å²) in [7, 11) is 0. The van der Waals surface area contributed by atoms with Gasteiger partial charge in [0.25, 0.3) is 0 Å². The molecule has 7 heteroatoms. The van der Waals surface area contributed by atoms with Gasteiger partial charge in [0.1, 0.15) is 11.5 Å². The molecule has 0 bridgehead atoms. The van der Waals surface area contributed by atoms with Gasteiger partial charge in [0, 0.05) is 10.0 Å². The fourth-order valence-corrected chi connectivity index (χ4v) is 3.64. The molecular formula is C24H15BrO6. The van der Waals surface area contributed by atoms with Crippen LogP contribution < -0.4 is 18.9 Å². The van der Waals surface area contributed by atoms with Crippen molar-refractivity contribution < 1.29 is 28.5 Å². The lowest BCUT2D eigenvalue weighted by Crippen LogP contribution is -2.09. The van der Waals surface area contributed by atoms with Crippen LogP contribution in [-0.4, -0.2) is 18.5 Å². The Morgan fingerprint density at radius 1 is 1.03 bits per heavy atom. The second-order valence-electron chi connectivity index (χ2n) is 7.01. The van der Waals surface area contributed by atoms with Crippen molar-refractivity contribution >= 4 is 33.8 Å². The van der Waals surface area contributed by atoms with Crippen LogP contribution in [-0.2, 0) is 0 Å². The first-order valence-corrected chi connectivity index (χ1v) is 10.2. The minimum absolute atomic E-state index is 0.178. The molecular weight excluding hydrogens is 464 g/mol. The molecule has 154 valence electrons. The first-order chi connectivity index (χ1) is 15.0. The summed E-state index contributed by atoms with van der Waals surface area (Å²) in [5.74, 6) is 1.47. The number of halogens is 1. The van der Waals surface area contributed by atoms with Gasteiger partial charge in [-0.15, -0.1) is 0 Å². The summed E-state index contributed by atoms with van der Waals surface area (Å²) in [5, 5.41) is 0. The molecule has 3 aromatic rings. The van der Waals surface area contributed by atoms with Gasteiger partial charge in [0.05, 0.1) is 11.1 Å². The van der Waals surface area contributed by atoms with E-state index < -0.39 is 5.97 Å². The van der Waals surface area contributed by atoms with Crippen molar-refractivity contribution in [3.8, 4) is 23.0 Å². The molecule has 6 nitrogen and oxygen atoms in total. The first-order valence-electron chi connectivity index (χ1n) is 9.45. The number of fused-ring (bicyclic) bond motifs is 2. The molecule has 2 heterocycles. The monoisotopic (exact) mass is 478 g/mol. The highest BCUT2D eigenvalue weighted by Crippen LogP contribution is 2.40. The van der Waals surface area contributed by atoms with Gasteiger partial charge in [0.2, 0.25) is 12.6 Å². The van der Waals surface area contributed by atoms with Crippen LogP contribution in [0.25, 0.3) is 6.08 Å². The van der Waals surface area contributed by atoms with Crippen LogP contribution in [0.1, 0.15) is 31.8 Å². The van der Waals surface area contributed by atoms with Crippen LogP contribution in [0.15, 0.2) is 64.8 Å². The van der Waals surface area contributed by atoms with Gasteiger partial charge in [0.15, 0.2) is 17.3 Å². The second-order valence-corrected chi connectivity index (χ2v) is 7.93. The molecule has 2 aliphatic heterocycles. The molecule has 0 spiro atoms. The maximum Gasteiger partial charge on any atom is 0.343 e. The molecule has 3 aromatic carbocycles. The molecule has 0 unspecified atom stereocenters. The zero-order valence-corrected chi connectivity index (χ0v) is 17.9. The third-order valence-corrected chi connectivity index (χ3v) is 5.54. The second kappa shape index (κ2) is 7.59. The van der Waals surface area contributed by atoms with E-state index in [0.717, 1.165) is 10.0 Å². The van der Waals surface area contributed by atoms with Gasteiger partial charge in [-0.3, -0.25) is 4.79 Å². The van der Waals surface area contributed by atoms with Crippen molar-refractivity contribution in [3.05, 3.63) is 87.1 Å². The number of hydrogen-bond acceptors (Lipinski definition) is 6. The Kier molecular flexibility index (Phi) is 4.75. The fraction of sp³-hybridized carbons (Fsp3) is 0.0833. The van der Waals surface area contributed by atoms with Crippen molar-refractivity contribution in [3.63, 3.8) is 0 Å². The van der Waals surface area contributed by atoms with Crippen LogP contribution in [0.5, 0.6) is 23.0 Å². The Morgan fingerprint density at radius 3 is 2.61 bits per heavy atom. The molecule has 0 atom stereocenters. The number of carbonyl (C=O) groups excluding carboxylic acids is 2. The largest absolute Gasteiger partial charge is 0.454 e. The number of esters is 1. The van der Waals surface area contributed by atoms with E-state index >= 15 is 0 Å². The quantitative estimate of drug-likeness (QED) is 0.288. The maximum absolute atomic E-state index is 12.8. The molecule has 2 aliphatic rings. The van der Waals surface area contributed by atoms with Crippen molar-refractivity contribution in [1.82, 2.24) is 0 Å². The molecule has 5 rings (SSSR count). The predicted octanol–water partition coefficient (Wildman–Crippen LogP) is 5.32. The number of ether oxygens (including phenoxy) is 4. The lowest BCUT2D eigenvalue weighted by molar-refractivity contribution is 0.0733. The Bertz CT molecular complexity index is 1260. The van der Waals surface area contributed by atoms with E-state index in [9.17, 15) is 9.59 Å². The lowest BCUT2D eigenvalue weighted by Gasteiger charge is -2.10. The highest BCUT2D eigenvalue weighted by atomic mass is 79.9. The zero-order chi connectivity index (χ0) is 21.5. The summed E-state index contributed by atoms with van der Waals surface area (Å²) >= 11 is 3.34. The molecule has 0 saturated heterocycles. The number of allylic oxidation sites excluding steroid dienone is 1. The molecule has 0 saturated carbocycles. The third-order valence-electron chi connectivity index (χ3n) is 5.01. The topological polar surface area (TPSA) is 71.1 Å². The number of hydrogen-bond donors (Lipinski definition) is 0. The highest BCUT2D eigenvalue weighted by molar-refractivity contribution is 9.10. The van der Waals surface area contributed by atoms with Crippen molar-refractivity contribution in [1.29, 1.82) is 0 Å². The summed E-state index contributed by atoms with van der Waals surface area (Å²) in [5.41, 5.74) is 2.17. The SMILES string of the molecule is Cc1c(OC(=O)c2ccc(Br)cc2)ccc2c1O/C(=C\c1ccc3c(c1)OCO3)C2=O. The average molecular weight is 479 g/mol. The van der Waals surface area contributed by atoms with Gasteiger partial charge < -0.3 is 18.9 Å². The molecule has 0 amide bonds. The molecule has 31 heavy (non-hydrogen) atoms. The van der Waals surface area contributed by atoms with Crippen molar-refractivity contribution in [2.24, 2.45) is 0 Å². The summed E-state index contributed by atoms with van der Waals surface area (Å²) in [6, 6.07) is 15.5. The molecule has 0 N–H and O–H groups in total. The molecule has 0 fully saturated rings. The van der Waals surface area contributed by atoms with E-state index in [4.69, 9.17) is 18.9 Å². The minimum atomic E-state index is -0.490. The van der Waals surface area contributed by atoms with E-state index in [1.807, 2.05) is 6.07 Å². The van der Waals surface area contributed by atoms with Gasteiger partial charge in [-0.1, -0.05) is 22.0 Å². The van der Waals surface area contributed by atoms with Crippen LogP contribution in [0.3, 0.4) is 0 Å². The lowest BCUT2D eigenvalue weighted by atomic mass is 10.1. The van der Waals surface area contributed by atoms with E-state index in [0.29, 0.717) is 39.7 Å². The number of rotatable bonds is 3. The number of Topliss-reactive ketones (excluding diaryl/α,β-unsaturated/α-hetero) is 1. The Balaban J connectivity index is 1.41. The van der Waals surface area contributed by atoms with Crippen LogP contribution in [0.4, 0.5) is 0 Å². The van der Waals surface area contributed by atoms with Gasteiger partial charge in [-0.2, -0.15) is 0 Å². The van der Waals surface area contributed by atoms with Gasteiger partial charge >= 0.3 is 5.97 Å². The standard InChI is InChI=1S/C24H15BrO6/c1-13-18(31-24(27)15-3-5-16(25)6-4-15)9-7-17-22(26)21(30-23(13)17)11-14-2-8-19-20(10-14)29-12-28-19/h2-11H,12H2,1H3/b21-11-. The van der Waals surface area contributed by atoms with E-state index in [1.165, 1.54) is 0 Å². The van der Waals surface area contributed by atoms with Gasteiger partial charge in [-0.05, 0) is 67.1 Å². The van der Waals surface area contributed by atoms with E-state index in [-0.39, 0.29) is 18.3 Å². The van der Waals surface area contributed by atoms with Crippen molar-refractivity contribution in [2.75, 3.05) is 6.79 Å². The Hall–Kier alpha value is -3.58. The van der Waals surface area contributed by atoms with Crippen molar-refractivity contribution in [2.45, 2.75) is 6.92 Å². The van der Waals surface area contributed by atoms with Crippen LogP contribution >= 0.6 is 15.9 Å². The third kappa shape index (κ3) is 3.57. The normalized spacial score (nSPS) is 15.0. The van der Waals surface area contributed by atoms with E-state index in [1.54, 1.807) is 61.5 Å². The predicted molar refractivity (Wildman–Crippen MR) is 116 cm³/mol. The van der Waals surface area contributed by atoms with E-state index in [2.05, 4.69) is 15.9 Å². The molecule has 0 radical (unpaired) electrons. The van der Waals surface area contributed by atoms with Crippen LogP contribution in [0, 0.1) is 6.92 Å². The number of carbonyl (C=O) groups is 2. The Labute approximate surface area is 186 Å². The Morgan fingerprint density at radius 2 is 1.81 bits per heavy atom.